The highest BCUT2D eigenvalue weighted by molar-refractivity contribution is 5.93. The van der Waals surface area contributed by atoms with E-state index in [0.717, 1.165) is 0 Å². The van der Waals surface area contributed by atoms with Crippen LogP contribution in [0.25, 0.3) is 0 Å². The average Bonchev–Trinajstić information content (AvgIpc) is 1.87. The molecule has 0 saturated heterocycles. The third-order valence-electron chi connectivity index (χ3n) is 1.04. The van der Waals surface area contributed by atoms with Gasteiger partial charge in [-0.1, -0.05) is 5.92 Å². The lowest BCUT2D eigenvalue weighted by molar-refractivity contribution is -0.116. The maximum atomic E-state index is 10.8. The van der Waals surface area contributed by atoms with Crippen molar-refractivity contribution >= 4 is 5.91 Å². The Labute approximate surface area is 67.4 Å². The van der Waals surface area contributed by atoms with Crippen LogP contribution < -0.4 is 5.32 Å². The molecule has 0 aliphatic carbocycles. The second-order valence-corrected chi connectivity index (χ2v) is 2.16. The third-order valence-corrected chi connectivity index (χ3v) is 1.04. The van der Waals surface area contributed by atoms with Crippen molar-refractivity contribution in [2.75, 3.05) is 0 Å². The Morgan fingerprint density at radius 2 is 2.36 bits per heavy atom. The SMILES string of the molecule is C#CCC(C)NC(=O)C#CC. The maximum absolute atomic E-state index is 10.8. The lowest BCUT2D eigenvalue weighted by Crippen LogP contribution is -2.30. The molecule has 0 aromatic rings. The zero-order valence-electron chi connectivity index (χ0n) is 6.77. The fourth-order valence-corrected chi connectivity index (χ4v) is 0.601. The molecule has 1 amide bonds. The molecule has 1 atom stereocenters. The molecule has 0 spiro atoms. The minimum absolute atomic E-state index is 0.00773. The van der Waals surface area contributed by atoms with Crippen LogP contribution in [-0.4, -0.2) is 11.9 Å². The van der Waals surface area contributed by atoms with E-state index in [1.165, 1.54) is 0 Å². The van der Waals surface area contributed by atoms with Gasteiger partial charge in [-0.05, 0) is 19.8 Å². The molecule has 0 saturated carbocycles. The van der Waals surface area contributed by atoms with Crippen LogP contribution >= 0.6 is 0 Å². The molecule has 0 aliphatic rings. The average molecular weight is 149 g/mol. The van der Waals surface area contributed by atoms with Crippen LogP contribution in [0.3, 0.4) is 0 Å². The topological polar surface area (TPSA) is 29.1 Å². The van der Waals surface area contributed by atoms with Crippen molar-refractivity contribution in [3.05, 3.63) is 0 Å². The van der Waals surface area contributed by atoms with Gasteiger partial charge < -0.3 is 5.32 Å². The van der Waals surface area contributed by atoms with Gasteiger partial charge in [0.1, 0.15) is 0 Å². The van der Waals surface area contributed by atoms with Crippen molar-refractivity contribution in [3.63, 3.8) is 0 Å². The van der Waals surface area contributed by atoms with Gasteiger partial charge in [0.25, 0.3) is 5.91 Å². The number of rotatable bonds is 2. The Bertz CT molecular complexity index is 226. The summed E-state index contributed by atoms with van der Waals surface area (Å²) in [5, 5.41) is 2.63. The second-order valence-electron chi connectivity index (χ2n) is 2.16. The lowest BCUT2D eigenvalue weighted by atomic mass is 10.2. The lowest BCUT2D eigenvalue weighted by Gasteiger charge is -2.06. The first-order valence-electron chi connectivity index (χ1n) is 3.37. The third kappa shape index (κ3) is 5.06. The van der Waals surface area contributed by atoms with Crippen molar-refractivity contribution in [2.24, 2.45) is 0 Å². The van der Waals surface area contributed by atoms with E-state index >= 15 is 0 Å². The van der Waals surface area contributed by atoms with Crippen LogP contribution in [0.4, 0.5) is 0 Å². The molecule has 58 valence electrons. The van der Waals surface area contributed by atoms with Gasteiger partial charge in [-0.25, -0.2) is 0 Å². The van der Waals surface area contributed by atoms with E-state index in [4.69, 9.17) is 6.42 Å². The van der Waals surface area contributed by atoms with Gasteiger partial charge in [0.15, 0.2) is 0 Å². The van der Waals surface area contributed by atoms with E-state index in [1.807, 2.05) is 6.92 Å². The van der Waals surface area contributed by atoms with Crippen molar-refractivity contribution in [1.29, 1.82) is 0 Å². The van der Waals surface area contributed by atoms with Crippen LogP contribution in [-0.2, 0) is 4.79 Å². The Balaban J connectivity index is 3.74. The number of carbonyl (C=O) groups excluding carboxylic acids is 1. The summed E-state index contributed by atoms with van der Waals surface area (Å²) in [6, 6.07) is 0.00773. The molecule has 0 aromatic carbocycles. The van der Waals surface area contributed by atoms with E-state index in [2.05, 4.69) is 23.1 Å². The van der Waals surface area contributed by atoms with Crippen LogP contribution in [0.5, 0.6) is 0 Å². The number of hydrogen-bond acceptors (Lipinski definition) is 1. The summed E-state index contributed by atoms with van der Waals surface area (Å²) in [7, 11) is 0. The molecule has 0 aromatic heterocycles. The largest absolute Gasteiger partial charge is 0.342 e. The van der Waals surface area contributed by atoms with Gasteiger partial charge in [-0.15, -0.1) is 12.3 Å². The van der Waals surface area contributed by atoms with Crippen molar-refractivity contribution in [2.45, 2.75) is 26.3 Å². The molecular weight excluding hydrogens is 138 g/mol. The highest BCUT2D eigenvalue weighted by Crippen LogP contribution is 1.86. The van der Waals surface area contributed by atoms with Crippen LogP contribution in [0.15, 0.2) is 0 Å². The van der Waals surface area contributed by atoms with E-state index < -0.39 is 0 Å². The highest BCUT2D eigenvalue weighted by Gasteiger charge is 2.01. The minimum Gasteiger partial charge on any atom is -0.342 e. The number of carbonyl (C=O) groups is 1. The normalized spacial score (nSPS) is 10.3. The van der Waals surface area contributed by atoms with E-state index in [-0.39, 0.29) is 11.9 Å². The molecular formula is C9H11NO. The first-order chi connectivity index (χ1) is 5.20. The summed E-state index contributed by atoms with van der Waals surface area (Å²) in [6.45, 7) is 3.46. The molecule has 2 nitrogen and oxygen atoms in total. The molecule has 0 bridgehead atoms. The van der Waals surface area contributed by atoms with Crippen LogP contribution in [0, 0.1) is 24.2 Å². The van der Waals surface area contributed by atoms with Crippen molar-refractivity contribution in [1.82, 2.24) is 5.32 Å². The van der Waals surface area contributed by atoms with Crippen molar-refractivity contribution < 1.29 is 4.79 Å². The molecule has 1 N–H and O–H groups in total. The molecule has 0 heterocycles. The number of terminal acetylenes is 1. The molecule has 2 heteroatoms. The summed E-state index contributed by atoms with van der Waals surface area (Å²) < 4.78 is 0. The van der Waals surface area contributed by atoms with Crippen LogP contribution in [0.2, 0.25) is 0 Å². The van der Waals surface area contributed by atoms with Gasteiger partial charge in [0.05, 0.1) is 0 Å². The van der Waals surface area contributed by atoms with Gasteiger partial charge in [0.2, 0.25) is 0 Å². The van der Waals surface area contributed by atoms with Gasteiger partial charge >= 0.3 is 0 Å². The maximum Gasteiger partial charge on any atom is 0.296 e. The van der Waals surface area contributed by atoms with Crippen molar-refractivity contribution in [3.8, 4) is 24.2 Å². The molecule has 0 rings (SSSR count). The number of hydrogen-bond donors (Lipinski definition) is 1. The van der Waals surface area contributed by atoms with Crippen LogP contribution in [0.1, 0.15) is 20.3 Å². The quantitative estimate of drug-likeness (QED) is 0.570. The smallest absolute Gasteiger partial charge is 0.296 e. The summed E-state index contributed by atoms with van der Waals surface area (Å²) in [6.07, 6.45) is 5.58. The predicted octanol–water partition coefficient (Wildman–Crippen LogP) is 0.538. The number of amides is 1. The Hall–Kier alpha value is -1.41. The summed E-state index contributed by atoms with van der Waals surface area (Å²) in [5.74, 6) is 7.05. The molecule has 0 fully saturated rings. The molecule has 0 aliphatic heterocycles. The zero-order chi connectivity index (χ0) is 8.69. The molecule has 11 heavy (non-hydrogen) atoms. The van der Waals surface area contributed by atoms with E-state index in [0.29, 0.717) is 6.42 Å². The van der Waals surface area contributed by atoms with Gasteiger partial charge in [-0.2, -0.15) is 0 Å². The van der Waals surface area contributed by atoms with Gasteiger partial charge in [0, 0.05) is 12.5 Å². The fourth-order valence-electron chi connectivity index (χ4n) is 0.601. The first-order valence-corrected chi connectivity index (χ1v) is 3.37. The standard InChI is InChI=1S/C9H11NO/c1-4-6-8(3)10-9(11)7-5-2/h1,8H,6H2,2-3H3,(H,10,11). The zero-order valence-corrected chi connectivity index (χ0v) is 6.77. The summed E-state index contributed by atoms with van der Waals surface area (Å²) in [5.41, 5.74) is 0. The number of nitrogens with one attached hydrogen (secondary N) is 1. The Morgan fingerprint density at radius 3 is 2.82 bits per heavy atom. The van der Waals surface area contributed by atoms with Gasteiger partial charge in [-0.3, -0.25) is 4.79 Å². The summed E-state index contributed by atoms with van der Waals surface area (Å²) in [4.78, 5) is 10.8. The minimum atomic E-state index is -0.268. The fraction of sp³-hybridized carbons (Fsp3) is 0.444. The van der Waals surface area contributed by atoms with E-state index in [1.54, 1.807) is 6.92 Å². The second kappa shape index (κ2) is 5.38. The summed E-state index contributed by atoms with van der Waals surface area (Å²) >= 11 is 0. The monoisotopic (exact) mass is 149 g/mol. The Kier molecular flexibility index (Phi) is 4.69. The van der Waals surface area contributed by atoms with E-state index in [9.17, 15) is 4.79 Å². The molecule has 1 unspecified atom stereocenters. The highest BCUT2D eigenvalue weighted by atomic mass is 16.1. The predicted molar refractivity (Wildman–Crippen MR) is 44.5 cm³/mol. The Morgan fingerprint density at radius 1 is 1.73 bits per heavy atom. The first kappa shape index (κ1) is 9.59. The molecule has 0 radical (unpaired) electrons.